The van der Waals surface area contributed by atoms with Crippen molar-refractivity contribution >= 4 is 11.6 Å². The molecule has 0 aliphatic heterocycles. The summed E-state index contributed by atoms with van der Waals surface area (Å²) in [7, 11) is 1.56. The third kappa shape index (κ3) is 1.99. The Labute approximate surface area is 80.5 Å². The van der Waals surface area contributed by atoms with Crippen LogP contribution in [0.2, 0.25) is 5.15 Å². The Morgan fingerprint density at radius 1 is 1.54 bits per heavy atom. The Hall–Kier alpha value is -0.640. The summed E-state index contributed by atoms with van der Waals surface area (Å²) < 4.78 is 26.1. The van der Waals surface area contributed by atoms with Crippen LogP contribution < -0.4 is 0 Å². The van der Waals surface area contributed by atoms with Crippen molar-refractivity contribution in [2.45, 2.75) is 26.2 Å². The topological polar surface area (TPSA) is 17.8 Å². The van der Waals surface area contributed by atoms with E-state index in [0.29, 0.717) is 17.1 Å². The first-order valence-electron chi connectivity index (χ1n) is 4.07. The van der Waals surface area contributed by atoms with Gasteiger partial charge in [-0.15, -0.1) is 0 Å². The number of aromatic nitrogens is 2. The summed E-state index contributed by atoms with van der Waals surface area (Å²) >= 11 is 5.80. The first-order chi connectivity index (χ1) is 6.07. The minimum Gasteiger partial charge on any atom is -0.256 e. The molecule has 0 spiro atoms. The second kappa shape index (κ2) is 4.05. The molecule has 0 aliphatic carbocycles. The standard InChI is InChI=1S/C8H11ClF2N2/c1-3-4-5-6(8(10)11)12-13(2)7(5)9/h8H,3-4H2,1-2H3. The largest absolute Gasteiger partial charge is 0.282 e. The van der Waals surface area contributed by atoms with Crippen LogP contribution in [0.5, 0.6) is 0 Å². The van der Waals surface area contributed by atoms with Gasteiger partial charge in [0.2, 0.25) is 0 Å². The first kappa shape index (κ1) is 10.4. The molecule has 1 rings (SSSR count). The molecule has 0 amide bonds. The number of hydrogen-bond acceptors (Lipinski definition) is 1. The summed E-state index contributed by atoms with van der Waals surface area (Å²) in [4.78, 5) is 0. The van der Waals surface area contributed by atoms with Crippen LogP contribution in [0.4, 0.5) is 8.78 Å². The van der Waals surface area contributed by atoms with Gasteiger partial charge in [0.25, 0.3) is 6.43 Å². The lowest BCUT2D eigenvalue weighted by atomic mass is 10.1. The van der Waals surface area contributed by atoms with Gasteiger partial charge in [-0.2, -0.15) is 5.10 Å². The lowest BCUT2D eigenvalue weighted by Gasteiger charge is -1.98. The molecule has 2 nitrogen and oxygen atoms in total. The molecule has 1 heterocycles. The summed E-state index contributed by atoms with van der Waals surface area (Å²) in [6.07, 6.45) is -1.21. The highest BCUT2D eigenvalue weighted by Gasteiger charge is 2.20. The average molecular weight is 209 g/mol. The van der Waals surface area contributed by atoms with E-state index >= 15 is 0 Å². The van der Waals surface area contributed by atoms with Gasteiger partial charge in [-0.3, -0.25) is 4.68 Å². The quantitative estimate of drug-likeness (QED) is 0.747. The minimum absolute atomic E-state index is 0.186. The predicted octanol–water partition coefficient (Wildman–Crippen LogP) is 2.96. The fourth-order valence-corrected chi connectivity index (χ4v) is 1.45. The molecule has 0 aliphatic rings. The fraction of sp³-hybridized carbons (Fsp3) is 0.625. The smallest absolute Gasteiger partial charge is 0.256 e. The van der Waals surface area contributed by atoms with Gasteiger partial charge in [0.1, 0.15) is 10.8 Å². The number of alkyl halides is 2. The van der Waals surface area contributed by atoms with E-state index < -0.39 is 6.43 Å². The van der Waals surface area contributed by atoms with E-state index in [1.54, 1.807) is 7.05 Å². The van der Waals surface area contributed by atoms with Gasteiger partial charge in [0.15, 0.2) is 0 Å². The number of rotatable bonds is 3. The highest BCUT2D eigenvalue weighted by atomic mass is 35.5. The fourth-order valence-electron chi connectivity index (χ4n) is 1.22. The van der Waals surface area contributed by atoms with Crippen LogP contribution in [0.25, 0.3) is 0 Å². The first-order valence-corrected chi connectivity index (χ1v) is 4.45. The van der Waals surface area contributed by atoms with Gasteiger partial charge >= 0.3 is 0 Å². The van der Waals surface area contributed by atoms with E-state index in [1.165, 1.54) is 4.68 Å². The van der Waals surface area contributed by atoms with Crippen molar-refractivity contribution in [1.29, 1.82) is 0 Å². The molecular weight excluding hydrogens is 198 g/mol. The van der Waals surface area contributed by atoms with E-state index in [-0.39, 0.29) is 5.69 Å². The molecular formula is C8H11ClF2N2. The number of nitrogens with zero attached hydrogens (tertiary/aromatic N) is 2. The molecule has 0 radical (unpaired) electrons. The number of hydrogen-bond donors (Lipinski definition) is 0. The molecule has 13 heavy (non-hydrogen) atoms. The van der Waals surface area contributed by atoms with Crippen LogP contribution in [-0.4, -0.2) is 9.78 Å². The van der Waals surface area contributed by atoms with Gasteiger partial charge in [-0.05, 0) is 6.42 Å². The maximum Gasteiger partial charge on any atom is 0.282 e. The van der Waals surface area contributed by atoms with Crippen LogP contribution in [0, 0.1) is 0 Å². The average Bonchev–Trinajstić information content (AvgIpc) is 2.33. The highest BCUT2D eigenvalue weighted by Crippen LogP contribution is 2.28. The van der Waals surface area contributed by atoms with Gasteiger partial charge in [-0.1, -0.05) is 24.9 Å². The zero-order chi connectivity index (χ0) is 10.0. The zero-order valence-electron chi connectivity index (χ0n) is 7.52. The summed E-state index contributed by atoms with van der Waals surface area (Å²) in [5.41, 5.74) is 0.288. The highest BCUT2D eigenvalue weighted by molar-refractivity contribution is 6.30. The SMILES string of the molecule is CCCc1c(C(F)F)nn(C)c1Cl. The molecule has 0 unspecified atom stereocenters. The van der Waals surface area contributed by atoms with E-state index in [0.717, 1.165) is 6.42 Å². The molecule has 5 heteroatoms. The Kier molecular flexibility index (Phi) is 3.25. The Morgan fingerprint density at radius 2 is 2.15 bits per heavy atom. The molecule has 0 bridgehead atoms. The van der Waals surface area contributed by atoms with E-state index in [2.05, 4.69) is 5.10 Å². The molecule has 0 N–H and O–H groups in total. The zero-order valence-corrected chi connectivity index (χ0v) is 8.28. The minimum atomic E-state index is -2.54. The summed E-state index contributed by atoms with van der Waals surface area (Å²) in [5, 5.41) is 3.98. The molecule has 74 valence electrons. The predicted molar refractivity (Wildman–Crippen MR) is 47.2 cm³/mol. The Bertz CT molecular complexity index is 297. The lowest BCUT2D eigenvalue weighted by molar-refractivity contribution is 0.144. The van der Waals surface area contributed by atoms with E-state index in [4.69, 9.17) is 11.6 Å². The van der Waals surface area contributed by atoms with E-state index in [1.807, 2.05) is 6.92 Å². The molecule has 0 saturated heterocycles. The van der Waals surface area contributed by atoms with E-state index in [9.17, 15) is 8.78 Å². The number of halogens is 3. The summed E-state index contributed by atoms with van der Waals surface area (Å²) in [6.45, 7) is 1.92. The Morgan fingerprint density at radius 3 is 2.62 bits per heavy atom. The maximum atomic E-state index is 12.4. The summed E-state index contributed by atoms with van der Waals surface area (Å²) in [6, 6.07) is 0. The van der Waals surface area contributed by atoms with Crippen molar-refractivity contribution < 1.29 is 8.78 Å². The molecule has 0 fully saturated rings. The van der Waals surface area contributed by atoms with Crippen molar-refractivity contribution in [3.8, 4) is 0 Å². The molecule has 0 saturated carbocycles. The molecule has 1 aromatic rings. The monoisotopic (exact) mass is 208 g/mol. The van der Waals surface area contributed by atoms with Crippen molar-refractivity contribution in [2.24, 2.45) is 7.05 Å². The lowest BCUT2D eigenvalue weighted by Crippen LogP contribution is -1.93. The van der Waals surface area contributed by atoms with Crippen molar-refractivity contribution in [1.82, 2.24) is 9.78 Å². The normalized spacial score (nSPS) is 11.2. The van der Waals surface area contributed by atoms with Crippen LogP contribution in [-0.2, 0) is 13.5 Å². The van der Waals surface area contributed by atoms with Crippen LogP contribution >= 0.6 is 11.6 Å². The van der Waals surface area contributed by atoms with Crippen molar-refractivity contribution in [3.05, 3.63) is 16.4 Å². The third-order valence-electron chi connectivity index (χ3n) is 1.81. The second-order valence-corrected chi connectivity index (χ2v) is 3.19. The Balaban J connectivity index is 3.11. The molecule has 0 aromatic carbocycles. The van der Waals surface area contributed by atoms with Gasteiger partial charge in [0.05, 0.1) is 0 Å². The maximum absolute atomic E-state index is 12.4. The molecule has 1 aromatic heterocycles. The second-order valence-electron chi connectivity index (χ2n) is 2.83. The van der Waals surface area contributed by atoms with Crippen LogP contribution in [0.1, 0.15) is 31.0 Å². The third-order valence-corrected chi connectivity index (χ3v) is 2.28. The van der Waals surface area contributed by atoms with Crippen LogP contribution in [0.15, 0.2) is 0 Å². The van der Waals surface area contributed by atoms with Crippen molar-refractivity contribution in [2.75, 3.05) is 0 Å². The summed E-state index contributed by atoms with van der Waals surface area (Å²) in [5.74, 6) is 0. The van der Waals surface area contributed by atoms with Crippen molar-refractivity contribution in [3.63, 3.8) is 0 Å². The van der Waals surface area contributed by atoms with Gasteiger partial charge in [0, 0.05) is 12.6 Å². The van der Waals surface area contributed by atoms with Gasteiger partial charge < -0.3 is 0 Å². The number of aryl methyl sites for hydroxylation is 1. The van der Waals surface area contributed by atoms with Gasteiger partial charge in [-0.25, -0.2) is 8.78 Å². The molecule has 0 atom stereocenters. The van der Waals surface area contributed by atoms with Crippen LogP contribution in [0.3, 0.4) is 0 Å².